The summed E-state index contributed by atoms with van der Waals surface area (Å²) in [6.45, 7) is 3.52. The molecule has 1 aromatic rings. The average molecular weight is 288 g/mol. The molecule has 4 nitrogen and oxygen atoms in total. The van der Waals surface area contributed by atoms with Crippen LogP contribution in [0.15, 0.2) is 12.3 Å². The van der Waals surface area contributed by atoms with E-state index in [0.29, 0.717) is 22.9 Å². The summed E-state index contributed by atoms with van der Waals surface area (Å²) >= 11 is 7.75. The molecule has 0 atom stereocenters. The van der Waals surface area contributed by atoms with Crippen molar-refractivity contribution in [1.29, 1.82) is 0 Å². The van der Waals surface area contributed by atoms with Gasteiger partial charge in [-0.2, -0.15) is 11.8 Å². The first-order chi connectivity index (χ1) is 8.69. The largest absolute Gasteiger partial charge is 0.369 e. The zero-order chi connectivity index (χ0) is 13.4. The molecule has 6 heteroatoms. The van der Waals surface area contributed by atoms with Crippen LogP contribution in [0.4, 0.5) is 5.82 Å². The van der Waals surface area contributed by atoms with Crippen LogP contribution >= 0.6 is 23.4 Å². The van der Waals surface area contributed by atoms with E-state index in [1.807, 2.05) is 6.26 Å². The van der Waals surface area contributed by atoms with Crippen molar-refractivity contribution in [2.45, 2.75) is 13.3 Å². The summed E-state index contributed by atoms with van der Waals surface area (Å²) in [5, 5.41) is 6.39. The molecule has 0 fully saturated rings. The standard InChI is InChI=1S/C12H18ClN3OS/c1-3-4-14-11-10(13)7-9(8-16-11)12(17)15-5-6-18-2/h7-8H,3-6H2,1-2H3,(H,14,16)(H,15,17). The SMILES string of the molecule is CCCNc1ncc(C(=O)NCCSC)cc1Cl. The maximum atomic E-state index is 11.8. The number of rotatable bonds is 7. The number of anilines is 1. The molecule has 0 saturated heterocycles. The van der Waals surface area contributed by atoms with Crippen LogP contribution in [-0.4, -0.2) is 36.0 Å². The van der Waals surface area contributed by atoms with Gasteiger partial charge in [0.05, 0.1) is 10.6 Å². The predicted molar refractivity (Wildman–Crippen MR) is 78.7 cm³/mol. The van der Waals surface area contributed by atoms with Gasteiger partial charge in [-0.15, -0.1) is 0 Å². The Bertz CT molecular complexity index is 401. The van der Waals surface area contributed by atoms with Crippen molar-refractivity contribution in [3.8, 4) is 0 Å². The lowest BCUT2D eigenvalue weighted by Crippen LogP contribution is -2.25. The highest BCUT2D eigenvalue weighted by atomic mass is 35.5. The molecule has 1 heterocycles. The molecule has 1 rings (SSSR count). The van der Waals surface area contributed by atoms with Crippen molar-refractivity contribution >= 4 is 35.1 Å². The van der Waals surface area contributed by atoms with Crippen LogP contribution in [0.5, 0.6) is 0 Å². The lowest BCUT2D eigenvalue weighted by molar-refractivity contribution is 0.0956. The number of carbonyl (C=O) groups excluding carboxylic acids is 1. The second kappa shape index (κ2) is 8.21. The fourth-order valence-corrected chi connectivity index (χ4v) is 1.84. The molecule has 0 aliphatic rings. The van der Waals surface area contributed by atoms with Gasteiger partial charge in [0.1, 0.15) is 5.82 Å². The van der Waals surface area contributed by atoms with Gasteiger partial charge in [0.25, 0.3) is 5.91 Å². The third-order valence-electron chi connectivity index (χ3n) is 2.24. The van der Waals surface area contributed by atoms with E-state index in [9.17, 15) is 4.79 Å². The van der Waals surface area contributed by atoms with Crippen LogP contribution in [-0.2, 0) is 0 Å². The Morgan fingerprint density at radius 2 is 2.28 bits per heavy atom. The van der Waals surface area contributed by atoms with Gasteiger partial charge in [-0.05, 0) is 18.7 Å². The Hall–Kier alpha value is -0.940. The molecule has 0 bridgehead atoms. The number of amides is 1. The molecule has 0 aliphatic carbocycles. The van der Waals surface area contributed by atoms with Gasteiger partial charge in [-0.3, -0.25) is 4.79 Å². The van der Waals surface area contributed by atoms with Crippen LogP contribution in [0.25, 0.3) is 0 Å². The summed E-state index contributed by atoms with van der Waals surface area (Å²) in [5.74, 6) is 1.38. The van der Waals surface area contributed by atoms with Crippen LogP contribution in [0.1, 0.15) is 23.7 Å². The summed E-state index contributed by atoms with van der Waals surface area (Å²) < 4.78 is 0. The van der Waals surface area contributed by atoms with Crippen LogP contribution in [0.2, 0.25) is 5.02 Å². The zero-order valence-electron chi connectivity index (χ0n) is 10.6. The Balaban J connectivity index is 2.62. The Labute approximate surface area is 117 Å². The number of thioether (sulfide) groups is 1. The second-order valence-electron chi connectivity index (χ2n) is 3.73. The van der Waals surface area contributed by atoms with E-state index < -0.39 is 0 Å². The first-order valence-electron chi connectivity index (χ1n) is 5.85. The average Bonchev–Trinajstić information content (AvgIpc) is 2.37. The lowest BCUT2D eigenvalue weighted by Gasteiger charge is -2.08. The smallest absolute Gasteiger partial charge is 0.252 e. The third kappa shape index (κ3) is 4.74. The summed E-state index contributed by atoms with van der Waals surface area (Å²) in [5.41, 5.74) is 0.489. The highest BCUT2D eigenvalue weighted by Crippen LogP contribution is 2.19. The number of hydrogen-bond donors (Lipinski definition) is 2. The van der Waals surface area contributed by atoms with Gasteiger partial charge in [0.2, 0.25) is 0 Å². The van der Waals surface area contributed by atoms with Gasteiger partial charge in [-0.25, -0.2) is 4.98 Å². The number of carbonyl (C=O) groups is 1. The third-order valence-corrected chi connectivity index (χ3v) is 3.14. The van der Waals surface area contributed by atoms with E-state index in [0.717, 1.165) is 18.7 Å². The minimum Gasteiger partial charge on any atom is -0.369 e. The van der Waals surface area contributed by atoms with E-state index in [2.05, 4.69) is 22.5 Å². The monoisotopic (exact) mass is 287 g/mol. The fourth-order valence-electron chi connectivity index (χ4n) is 1.30. The van der Waals surface area contributed by atoms with Gasteiger partial charge >= 0.3 is 0 Å². The summed E-state index contributed by atoms with van der Waals surface area (Å²) in [6.07, 6.45) is 4.53. The maximum absolute atomic E-state index is 11.8. The van der Waals surface area contributed by atoms with Gasteiger partial charge in [0.15, 0.2) is 0 Å². The minimum atomic E-state index is -0.138. The molecular formula is C12H18ClN3OS. The van der Waals surface area contributed by atoms with E-state index in [4.69, 9.17) is 11.6 Å². The first kappa shape index (κ1) is 15.1. The van der Waals surface area contributed by atoms with Crippen molar-refractivity contribution in [2.24, 2.45) is 0 Å². The summed E-state index contributed by atoms with van der Waals surface area (Å²) in [6, 6.07) is 1.64. The molecule has 1 amide bonds. The van der Waals surface area contributed by atoms with Crippen molar-refractivity contribution < 1.29 is 4.79 Å². The fraction of sp³-hybridized carbons (Fsp3) is 0.500. The summed E-state index contributed by atoms with van der Waals surface area (Å²) in [4.78, 5) is 15.9. The van der Waals surface area contributed by atoms with E-state index >= 15 is 0 Å². The quantitative estimate of drug-likeness (QED) is 0.757. The van der Waals surface area contributed by atoms with Crippen LogP contribution in [0.3, 0.4) is 0 Å². The molecule has 1 aromatic heterocycles. The molecule has 2 N–H and O–H groups in total. The molecule has 0 radical (unpaired) electrons. The number of pyridine rings is 1. The van der Waals surface area contributed by atoms with Crippen molar-refractivity contribution in [3.05, 3.63) is 22.8 Å². The van der Waals surface area contributed by atoms with Gasteiger partial charge < -0.3 is 10.6 Å². The van der Waals surface area contributed by atoms with Gasteiger partial charge in [-0.1, -0.05) is 18.5 Å². The molecule has 0 aromatic carbocycles. The highest BCUT2D eigenvalue weighted by Gasteiger charge is 2.09. The number of nitrogens with one attached hydrogen (secondary N) is 2. The molecule has 18 heavy (non-hydrogen) atoms. The van der Waals surface area contributed by atoms with E-state index in [1.165, 1.54) is 6.20 Å². The Morgan fingerprint density at radius 3 is 2.89 bits per heavy atom. The van der Waals surface area contributed by atoms with E-state index in [1.54, 1.807) is 17.8 Å². The Morgan fingerprint density at radius 1 is 1.50 bits per heavy atom. The molecule has 0 spiro atoms. The molecule has 0 unspecified atom stereocenters. The number of hydrogen-bond acceptors (Lipinski definition) is 4. The predicted octanol–water partition coefficient (Wildman–Crippen LogP) is 2.65. The maximum Gasteiger partial charge on any atom is 0.252 e. The molecular weight excluding hydrogens is 270 g/mol. The second-order valence-corrected chi connectivity index (χ2v) is 5.12. The lowest BCUT2D eigenvalue weighted by atomic mass is 10.2. The molecule has 0 aliphatic heterocycles. The van der Waals surface area contributed by atoms with Crippen LogP contribution < -0.4 is 10.6 Å². The van der Waals surface area contributed by atoms with Crippen molar-refractivity contribution in [2.75, 3.05) is 30.4 Å². The number of nitrogens with zero attached hydrogens (tertiary/aromatic N) is 1. The van der Waals surface area contributed by atoms with E-state index in [-0.39, 0.29) is 5.91 Å². The van der Waals surface area contributed by atoms with Crippen LogP contribution in [0, 0.1) is 0 Å². The number of halogens is 1. The van der Waals surface area contributed by atoms with Crippen molar-refractivity contribution in [1.82, 2.24) is 10.3 Å². The molecule has 100 valence electrons. The zero-order valence-corrected chi connectivity index (χ0v) is 12.2. The highest BCUT2D eigenvalue weighted by molar-refractivity contribution is 7.98. The first-order valence-corrected chi connectivity index (χ1v) is 7.62. The topological polar surface area (TPSA) is 54.0 Å². The minimum absolute atomic E-state index is 0.138. The Kier molecular flexibility index (Phi) is 6.90. The molecule has 0 saturated carbocycles. The summed E-state index contributed by atoms with van der Waals surface area (Å²) in [7, 11) is 0. The van der Waals surface area contributed by atoms with Gasteiger partial charge in [0, 0.05) is 25.0 Å². The normalized spacial score (nSPS) is 10.2. The number of aromatic nitrogens is 1. The van der Waals surface area contributed by atoms with Crippen molar-refractivity contribution in [3.63, 3.8) is 0 Å².